The molecule has 0 radical (unpaired) electrons. The highest BCUT2D eigenvalue weighted by atomic mass is 19.4. The molecule has 0 unspecified atom stereocenters. The first-order valence-corrected chi connectivity index (χ1v) is 4.84. The molecule has 1 aromatic carbocycles. The second-order valence-electron chi connectivity index (χ2n) is 3.40. The number of hydrogen-bond donors (Lipinski definition) is 1. The fourth-order valence-corrected chi connectivity index (χ4v) is 1.17. The Morgan fingerprint density at radius 3 is 2.05 bits per heavy atom. The summed E-state index contributed by atoms with van der Waals surface area (Å²) in [6, 6.07) is 3.81. The van der Waals surface area contributed by atoms with Gasteiger partial charge in [-0.2, -0.15) is 0 Å². The third kappa shape index (κ3) is 4.78. The molecular weight excluding hydrogens is 269 g/mol. The topological polar surface area (TPSA) is 80.7 Å². The van der Waals surface area contributed by atoms with Crippen LogP contribution in [0.3, 0.4) is 0 Å². The number of ketones is 2. The van der Waals surface area contributed by atoms with Gasteiger partial charge in [0.1, 0.15) is 5.75 Å². The van der Waals surface area contributed by atoms with Gasteiger partial charge in [0.2, 0.25) is 5.78 Å². The molecule has 8 heteroatoms. The zero-order valence-corrected chi connectivity index (χ0v) is 9.23. The monoisotopic (exact) mass is 276 g/mol. The van der Waals surface area contributed by atoms with Gasteiger partial charge in [-0.3, -0.25) is 9.59 Å². The van der Waals surface area contributed by atoms with Crippen molar-refractivity contribution in [2.45, 2.75) is 12.8 Å². The fraction of sp³-hybridized carbons (Fsp3) is 0.182. The summed E-state index contributed by atoms with van der Waals surface area (Å²) in [6.45, 7) is 0. The lowest BCUT2D eigenvalue weighted by Gasteiger charge is -2.08. The van der Waals surface area contributed by atoms with Crippen molar-refractivity contribution in [2.75, 3.05) is 0 Å². The van der Waals surface area contributed by atoms with Crippen molar-refractivity contribution in [1.82, 2.24) is 0 Å². The maximum atomic E-state index is 11.9. The summed E-state index contributed by atoms with van der Waals surface area (Å²) in [5.74, 6) is -4.36. The number of carbonyl (C=O) groups excluding carboxylic acids is 2. The molecule has 1 aromatic rings. The molecule has 0 aliphatic heterocycles. The summed E-state index contributed by atoms with van der Waals surface area (Å²) < 4.78 is 39.2. The predicted octanol–water partition coefficient (Wildman–Crippen LogP) is 1.81. The van der Waals surface area contributed by atoms with Crippen molar-refractivity contribution >= 4 is 17.5 Å². The van der Waals surface area contributed by atoms with Crippen molar-refractivity contribution in [2.24, 2.45) is 0 Å². The summed E-state index contributed by atoms with van der Waals surface area (Å²) in [6.07, 6.45) is -5.69. The average Bonchev–Trinajstić information content (AvgIpc) is 2.27. The SMILES string of the molecule is O=C(O)C(=O)CC(=O)c1ccc(OC(F)(F)F)cc1. The Bertz CT molecular complexity index is 504. The lowest BCUT2D eigenvalue weighted by Crippen LogP contribution is -2.18. The highest BCUT2D eigenvalue weighted by Crippen LogP contribution is 2.23. The van der Waals surface area contributed by atoms with Gasteiger partial charge in [-0.1, -0.05) is 0 Å². The molecule has 0 heterocycles. The Hall–Kier alpha value is -2.38. The van der Waals surface area contributed by atoms with E-state index in [1.165, 1.54) is 0 Å². The third-order valence-electron chi connectivity index (χ3n) is 1.97. The summed E-state index contributed by atoms with van der Waals surface area (Å²) in [4.78, 5) is 32.4. The average molecular weight is 276 g/mol. The maximum absolute atomic E-state index is 11.9. The number of aliphatic carboxylic acids is 1. The van der Waals surface area contributed by atoms with Crippen molar-refractivity contribution in [3.63, 3.8) is 0 Å². The van der Waals surface area contributed by atoms with Crippen LogP contribution < -0.4 is 4.74 Å². The van der Waals surface area contributed by atoms with Gasteiger partial charge in [0.05, 0.1) is 6.42 Å². The van der Waals surface area contributed by atoms with Gasteiger partial charge >= 0.3 is 12.3 Å². The second kappa shape index (κ2) is 5.51. The molecule has 0 aliphatic carbocycles. The van der Waals surface area contributed by atoms with Crippen molar-refractivity contribution in [3.05, 3.63) is 29.8 Å². The first-order valence-electron chi connectivity index (χ1n) is 4.84. The normalized spacial score (nSPS) is 10.9. The van der Waals surface area contributed by atoms with E-state index >= 15 is 0 Å². The molecule has 5 nitrogen and oxygen atoms in total. The van der Waals surface area contributed by atoms with E-state index in [1.807, 2.05) is 0 Å². The Balaban J connectivity index is 2.74. The Labute approximate surface area is 104 Å². The van der Waals surface area contributed by atoms with Crippen LogP contribution in [0.25, 0.3) is 0 Å². The lowest BCUT2D eigenvalue weighted by atomic mass is 10.1. The van der Waals surface area contributed by atoms with Gasteiger partial charge in [-0.15, -0.1) is 13.2 Å². The molecular formula is C11H7F3O5. The Morgan fingerprint density at radius 2 is 1.63 bits per heavy atom. The van der Waals surface area contributed by atoms with Crippen molar-refractivity contribution in [3.8, 4) is 5.75 Å². The minimum Gasteiger partial charge on any atom is -0.475 e. The van der Waals surface area contributed by atoms with Crippen LogP contribution in [0.2, 0.25) is 0 Å². The van der Waals surface area contributed by atoms with E-state index < -0.39 is 36.1 Å². The number of benzene rings is 1. The van der Waals surface area contributed by atoms with Gasteiger partial charge in [-0.05, 0) is 24.3 Å². The molecule has 0 aromatic heterocycles. The highest BCUT2D eigenvalue weighted by molar-refractivity contribution is 6.37. The molecule has 1 rings (SSSR count). The molecule has 0 saturated heterocycles. The molecule has 0 saturated carbocycles. The molecule has 1 N–H and O–H groups in total. The van der Waals surface area contributed by atoms with Crippen LogP contribution in [0.4, 0.5) is 13.2 Å². The van der Waals surface area contributed by atoms with E-state index in [1.54, 1.807) is 0 Å². The van der Waals surface area contributed by atoms with Gasteiger partial charge in [0.25, 0.3) is 0 Å². The minimum atomic E-state index is -4.84. The summed E-state index contributed by atoms with van der Waals surface area (Å²) in [5, 5.41) is 8.30. The lowest BCUT2D eigenvalue weighted by molar-refractivity contribution is -0.274. The first-order chi connectivity index (χ1) is 8.69. The van der Waals surface area contributed by atoms with Crippen LogP contribution >= 0.6 is 0 Å². The molecule has 0 amide bonds. The van der Waals surface area contributed by atoms with Crippen molar-refractivity contribution in [1.29, 1.82) is 0 Å². The number of carboxylic acids is 1. The molecule has 19 heavy (non-hydrogen) atoms. The van der Waals surface area contributed by atoms with E-state index in [0.29, 0.717) is 0 Å². The van der Waals surface area contributed by atoms with Gasteiger partial charge in [0.15, 0.2) is 5.78 Å². The van der Waals surface area contributed by atoms with Gasteiger partial charge < -0.3 is 9.84 Å². The smallest absolute Gasteiger partial charge is 0.475 e. The number of halogens is 3. The van der Waals surface area contributed by atoms with Crippen molar-refractivity contribution < 1.29 is 37.4 Å². The van der Waals surface area contributed by atoms with E-state index in [-0.39, 0.29) is 5.56 Å². The summed E-state index contributed by atoms with van der Waals surface area (Å²) in [5.41, 5.74) is -0.0795. The standard InChI is InChI=1S/C11H7F3O5/c12-11(13,14)19-7-3-1-6(2-4-7)8(15)5-9(16)10(17)18/h1-4H,5H2,(H,17,18). The molecule has 0 fully saturated rings. The van der Waals surface area contributed by atoms with E-state index in [4.69, 9.17) is 5.11 Å². The summed E-state index contributed by atoms with van der Waals surface area (Å²) in [7, 11) is 0. The van der Waals surface area contributed by atoms with Crippen LogP contribution in [0.15, 0.2) is 24.3 Å². The molecule has 0 spiro atoms. The molecule has 0 atom stereocenters. The van der Waals surface area contributed by atoms with Crippen LogP contribution in [0.1, 0.15) is 16.8 Å². The van der Waals surface area contributed by atoms with Crippen LogP contribution in [-0.2, 0) is 9.59 Å². The van der Waals surface area contributed by atoms with Crippen LogP contribution in [0, 0.1) is 0 Å². The van der Waals surface area contributed by atoms with Gasteiger partial charge in [-0.25, -0.2) is 4.79 Å². The Kier molecular flexibility index (Phi) is 4.26. The molecule has 0 aliphatic rings. The number of Topliss-reactive ketones (excluding diaryl/α,β-unsaturated/α-hetero) is 2. The quantitative estimate of drug-likeness (QED) is 0.504. The fourth-order valence-electron chi connectivity index (χ4n) is 1.17. The first kappa shape index (κ1) is 14.7. The predicted molar refractivity (Wildman–Crippen MR) is 54.7 cm³/mol. The van der Waals surface area contributed by atoms with E-state index in [2.05, 4.69) is 4.74 Å². The van der Waals surface area contributed by atoms with E-state index in [9.17, 15) is 27.6 Å². The number of ether oxygens (including phenoxy) is 1. The van der Waals surface area contributed by atoms with Crippen LogP contribution in [-0.4, -0.2) is 29.0 Å². The second-order valence-corrected chi connectivity index (χ2v) is 3.40. The Morgan fingerprint density at radius 1 is 1.11 bits per heavy atom. The number of rotatable bonds is 5. The number of carbonyl (C=O) groups is 3. The minimum absolute atomic E-state index is 0.0795. The van der Waals surface area contributed by atoms with Crippen LogP contribution in [0.5, 0.6) is 5.75 Å². The van der Waals surface area contributed by atoms with Gasteiger partial charge in [0, 0.05) is 5.56 Å². The number of alkyl halides is 3. The maximum Gasteiger partial charge on any atom is 0.573 e. The number of carboxylic acid groups (broad SMARTS) is 1. The largest absolute Gasteiger partial charge is 0.573 e. The molecule has 102 valence electrons. The highest BCUT2D eigenvalue weighted by Gasteiger charge is 2.31. The number of hydrogen-bond acceptors (Lipinski definition) is 4. The third-order valence-corrected chi connectivity index (χ3v) is 1.97. The van der Waals surface area contributed by atoms with E-state index in [0.717, 1.165) is 24.3 Å². The zero-order chi connectivity index (χ0) is 14.6. The zero-order valence-electron chi connectivity index (χ0n) is 9.23. The molecule has 0 bridgehead atoms. The summed E-state index contributed by atoms with van der Waals surface area (Å²) >= 11 is 0.